The third-order valence-corrected chi connectivity index (χ3v) is 3.71. The molecule has 1 aliphatic heterocycles. The second-order valence-electron chi connectivity index (χ2n) is 5.19. The van der Waals surface area contributed by atoms with Crippen LogP contribution in [0.15, 0.2) is 48.5 Å². The standard InChI is InChI=1S/C16H12F3NO2/c17-16(18,19)12-7-3-1-5-10(12)9-15(22)13-8-4-2-6-11(13)14(21)20-15/h1-8,22H,9H2,(H,20,21). The summed E-state index contributed by atoms with van der Waals surface area (Å²) in [6, 6.07) is 11.3. The van der Waals surface area contributed by atoms with E-state index in [1.165, 1.54) is 30.3 Å². The van der Waals surface area contributed by atoms with Gasteiger partial charge in [0.15, 0.2) is 5.72 Å². The van der Waals surface area contributed by atoms with Crippen LogP contribution < -0.4 is 5.32 Å². The van der Waals surface area contributed by atoms with Gasteiger partial charge in [-0.05, 0) is 17.7 Å². The molecule has 1 amide bonds. The Labute approximate surface area is 124 Å². The molecule has 0 spiro atoms. The summed E-state index contributed by atoms with van der Waals surface area (Å²) in [4.78, 5) is 11.9. The van der Waals surface area contributed by atoms with E-state index in [1.54, 1.807) is 12.1 Å². The predicted octanol–water partition coefficient (Wildman–Crippen LogP) is 2.84. The maximum Gasteiger partial charge on any atom is 0.416 e. The van der Waals surface area contributed by atoms with Crippen LogP contribution in [0.5, 0.6) is 0 Å². The maximum atomic E-state index is 13.1. The van der Waals surface area contributed by atoms with Gasteiger partial charge in [0, 0.05) is 17.5 Å². The Kier molecular flexibility index (Phi) is 3.21. The first-order chi connectivity index (χ1) is 10.3. The SMILES string of the molecule is O=C1NC(O)(Cc2ccccc2C(F)(F)F)c2ccccc21. The van der Waals surface area contributed by atoms with Crippen LogP contribution in [-0.2, 0) is 18.3 Å². The third-order valence-electron chi connectivity index (χ3n) is 3.71. The molecule has 1 unspecified atom stereocenters. The molecule has 2 aromatic rings. The fraction of sp³-hybridized carbons (Fsp3) is 0.188. The molecule has 0 radical (unpaired) electrons. The molecular formula is C16H12F3NO2. The van der Waals surface area contributed by atoms with E-state index in [2.05, 4.69) is 5.32 Å². The number of hydrogen-bond acceptors (Lipinski definition) is 2. The van der Waals surface area contributed by atoms with Crippen molar-refractivity contribution in [2.75, 3.05) is 0 Å². The summed E-state index contributed by atoms with van der Waals surface area (Å²) in [6.07, 6.45) is -4.87. The fourth-order valence-electron chi connectivity index (χ4n) is 2.73. The minimum Gasteiger partial charge on any atom is -0.366 e. The van der Waals surface area contributed by atoms with E-state index in [4.69, 9.17) is 0 Å². The van der Waals surface area contributed by atoms with E-state index in [0.29, 0.717) is 0 Å². The summed E-state index contributed by atoms with van der Waals surface area (Å²) in [5.41, 5.74) is -2.17. The summed E-state index contributed by atoms with van der Waals surface area (Å²) in [5, 5.41) is 13.0. The number of nitrogens with one attached hydrogen (secondary N) is 1. The first-order valence-electron chi connectivity index (χ1n) is 6.61. The average Bonchev–Trinajstić information content (AvgIpc) is 2.70. The predicted molar refractivity (Wildman–Crippen MR) is 73.0 cm³/mol. The number of carbonyl (C=O) groups is 1. The van der Waals surface area contributed by atoms with Crippen LogP contribution in [0.4, 0.5) is 13.2 Å². The van der Waals surface area contributed by atoms with Gasteiger partial charge in [0.25, 0.3) is 5.91 Å². The van der Waals surface area contributed by atoms with Gasteiger partial charge in [-0.2, -0.15) is 13.2 Å². The summed E-state index contributed by atoms with van der Waals surface area (Å²) in [5.74, 6) is -0.498. The number of fused-ring (bicyclic) bond motifs is 1. The second kappa shape index (κ2) is 4.84. The quantitative estimate of drug-likeness (QED) is 0.896. The van der Waals surface area contributed by atoms with Crippen molar-refractivity contribution in [3.63, 3.8) is 0 Å². The minimum atomic E-state index is -4.52. The molecule has 0 aromatic heterocycles. The van der Waals surface area contributed by atoms with Crippen molar-refractivity contribution in [3.05, 3.63) is 70.8 Å². The number of halogens is 3. The lowest BCUT2D eigenvalue weighted by Crippen LogP contribution is -2.41. The number of benzene rings is 2. The Morgan fingerprint density at radius 3 is 2.41 bits per heavy atom. The van der Waals surface area contributed by atoms with Crippen LogP contribution in [0, 0.1) is 0 Å². The molecule has 6 heteroatoms. The Balaban J connectivity index is 2.03. The highest BCUT2D eigenvalue weighted by Crippen LogP contribution is 2.37. The van der Waals surface area contributed by atoms with Crippen molar-refractivity contribution in [2.45, 2.75) is 18.3 Å². The van der Waals surface area contributed by atoms with E-state index in [-0.39, 0.29) is 23.1 Å². The van der Waals surface area contributed by atoms with Crippen LogP contribution >= 0.6 is 0 Å². The Morgan fingerprint density at radius 2 is 1.68 bits per heavy atom. The van der Waals surface area contributed by atoms with E-state index >= 15 is 0 Å². The molecule has 1 heterocycles. The molecule has 114 valence electrons. The lowest BCUT2D eigenvalue weighted by Gasteiger charge is -2.25. The highest BCUT2D eigenvalue weighted by molar-refractivity contribution is 5.99. The van der Waals surface area contributed by atoms with Crippen LogP contribution in [0.2, 0.25) is 0 Å². The third kappa shape index (κ3) is 2.35. The number of alkyl halides is 3. The molecule has 0 fully saturated rings. The van der Waals surface area contributed by atoms with Gasteiger partial charge in [0.1, 0.15) is 0 Å². The van der Waals surface area contributed by atoms with Gasteiger partial charge in [0.05, 0.1) is 5.56 Å². The molecule has 0 aliphatic carbocycles. The lowest BCUT2D eigenvalue weighted by atomic mass is 9.92. The van der Waals surface area contributed by atoms with Crippen molar-refractivity contribution >= 4 is 5.91 Å². The van der Waals surface area contributed by atoms with Crippen molar-refractivity contribution in [1.29, 1.82) is 0 Å². The zero-order chi connectivity index (χ0) is 16.0. The van der Waals surface area contributed by atoms with Gasteiger partial charge < -0.3 is 10.4 Å². The van der Waals surface area contributed by atoms with Crippen LogP contribution in [0.3, 0.4) is 0 Å². The molecule has 2 aromatic carbocycles. The number of carbonyl (C=O) groups excluding carboxylic acids is 1. The Morgan fingerprint density at radius 1 is 1.05 bits per heavy atom. The van der Waals surface area contributed by atoms with Crippen molar-refractivity contribution in [3.8, 4) is 0 Å². The van der Waals surface area contributed by atoms with Gasteiger partial charge >= 0.3 is 6.18 Å². The zero-order valence-corrected chi connectivity index (χ0v) is 11.3. The molecule has 3 nitrogen and oxygen atoms in total. The van der Waals surface area contributed by atoms with Crippen LogP contribution in [-0.4, -0.2) is 11.0 Å². The second-order valence-corrected chi connectivity index (χ2v) is 5.19. The van der Waals surface area contributed by atoms with Crippen LogP contribution in [0.25, 0.3) is 0 Å². The smallest absolute Gasteiger partial charge is 0.366 e. The molecule has 1 aliphatic rings. The molecule has 1 atom stereocenters. The molecular weight excluding hydrogens is 295 g/mol. The largest absolute Gasteiger partial charge is 0.416 e. The molecule has 2 N–H and O–H groups in total. The first-order valence-corrected chi connectivity index (χ1v) is 6.61. The van der Waals surface area contributed by atoms with Gasteiger partial charge in [-0.3, -0.25) is 4.79 Å². The van der Waals surface area contributed by atoms with Crippen LogP contribution in [0.1, 0.15) is 27.0 Å². The van der Waals surface area contributed by atoms with Crippen molar-refractivity contribution in [2.24, 2.45) is 0 Å². The molecule has 0 saturated carbocycles. The first kappa shape index (κ1) is 14.6. The highest BCUT2D eigenvalue weighted by Gasteiger charge is 2.43. The van der Waals surface area contributed by atoms with E-state index < -0.39 is 23.4 Å². The van der Waals surface area contributed by atoms with E-state index in [1.807, 2.05) is 0 Å². The molecule has 22 heavy (non-hydrogen) atoms. The molecule has 3 rings (SSSR count). The van der Waals surface area contributed by atoms with Gasteiger partial charge in [-0.15, -0.1) is 0 Å². The summed E-state index contributed by atoms with van der Waals surface area (Å²) >= 11 is 0. The van der Waals surface area contributed by atoms with Gasteiger partial charge in [0.2, 0.25) is 0 Å². The summed E-state index contributed by atoms with van der Waals surface area (Å²) in [7, 11) is 0. The summed E-state index contributed by atoms with van der Waals surface area (Å²) in [6.45, 7) is 0. The monoisotopic (exact) mass is 307 g/mol. The summed E-state index contributed by atoms with van der Waals surface area (Å²) < 4.78 is 39.2. The number of hydrogen-bond donors (Lipinski definition) is 2. The zero-order valence-electron chi connectivity index (χ0n) is 11.3. The lowest BCUT2D eigenvalue weighted by molar-refractivity contribution is -0.138. The fourth-order valence-corrected chi connectivity index (χ4v) is 2.73. The minimum absolute atomic E-state index is 0.0745. The van der Waals surface area contributed by atoms with E-state index in [0.717, 1.165) is 6.07 Å². The number of rotatable bonds is 2. The number of amides is 1. The van der Waals surface area contributed by atoms with Crippen molar-refractivity contribution < 1.29 is 23.1 Å². The Bertz CT molecular complexity index is 742. The maximum absolute atomic E-state index is 13.1. The normalized spacial score (nSPS) is 20.6. The molecule has 0 saturated heterocycles. The number of aliphatic hydroxyl groups is 1. The molecule has 0 bridgehead atoms. The Hall–Kier alpha value is -2.34. The van der Waals surface area contributed by atoms with Gasteiger partial charge in [-0.1, -0.05) is 36.4 Å². The highest BCUT2D eigenvalue weighted by atomic mass is 19.4. The average molecular weight is 307 g/mol. The van der Waals surface area contributed by atoms with E-state index in [9.17, 15) is 23.1 Å². The topological polar surface area (TPSA) is 49.3 Å². The van der Waals surface area contributed by atoms with Crippen molar-refractivity contribution in [1.82, 2.24) is 5.32 Å². The van der Waals surface area contributed by atoms with Gasteiger partial charge in [-0.25, -0.2) is 0 Å².